The molecule has 0 bridgehead atoms. The monoisotopic (exact) mass is 307 g/mol. The third-order valence-electron chi connectivity index (χ3n) is 2.99. The zero-order valence-corrected chi connectivity index (χ0v) is 14.6. The minimum atomic E-state index is -0.523. The van der Waals surface area contributed by atoms with Gasteiger partial charge in [0.25, 0.3) is 0 Å². The van der Waals surface area contributed by atoms with Crippen molar-refractivity contribution in [1.82, 2.24) is 10.2 Å². The summed E-state index contributed by atoms with van der Waals surface area (Å²) < 4.78 is 0. The molecule has 20 heavy (non-hydrogen) atoms. The molecule has 0 fully saturated rings. The van der Waals surface area contributed by atoms with Crippen molar-refractivity contribution < 1.29 is 9.59 Å². The van der Waals surface area contributed by atoms with Crippen molar-refractivity contribution in [1.29, 1.82) is 0 Å². The molecule has 1 unspecified atom stereocenters. The number of rotatable bonds is 5. The average molecular weight is 308 g/mol. The number of carbonyl (C=O) groups excluding carboxylic acids is 2. The lowest BCUT2D eigenvalue weighted by Crippen LogP contribution is -2.50. The van der Waals surface area contributed by atoms with Gasteiger partial charge in [0.1, 0.15) is 6.04 Å². The van der Waals surface area contributed by atoms with Crippen molar-refractivity contribution in [3.05, 3.63) is 0 Å². The van der Waals surface area contributed by atoms with E-state index in [-0.39, 0.29) is 29.6 Å². The highest BCUT2D eigenvalue weighted by molar-refractivity contribution is 5.89. The Labute approximate surface area is 129 Å². The highest BCUT2D eigenvalue weighted by Gasteiger charge is 2.28. The number of likely N-dealkylation sites (N-methyl/N-ethyl adjacent to an activating group) is 1. The van der Waals surface area contributed by atoms with E-state index in [0.29, 0.717) is 13.1 Å². The summed E-state index contributed by atoms with van der Waals surface area (Å²) in [5.41, 5.74) is 5.04. The second kappa shape index (κ2) is 7.84. The van der Waals surface area contributed by atoms with Crippen LogP contribution in [0.1, 0.15) is 41.5 Å². The van der Waals surface area contributed by atoms with E-state index in [1.54, 1.807) is 18.9 Å². The van der Waals surface area contributed by atoms with Gasteiger partial charge < -0.3 is 16.0 Å². The molecule has 5 nitrogen and oxygen atoms in total. The number of nitrogens with zero attached hydrogens (tertiary/aromatic N) is 1. The van der Waals surface area contributed by atoms with Gasteiger partial charge >= 0.3 is 0 Å². The third kappa shape index (κ3) is 7.10. The second-order valence-corrected chi connectivity index (χ2v) is 7.01. The molecule has 0 saturated carbocycles. The van der Waals surface area contributed by atoms with Crippen LogP contribution in [0.3, 0.4) is 0 Å². The lowest BCUT2D eigenvalue weighted by Gasteiger charge is -2.31. The lowest BCUT2D eigenvalue weighted by molar-refractivity contribution is -0.138. The van der Waals surface area contributed by atoms with Crippen LogP contribution in [0.5, 0.6) is 0 Å². The number of halogens is 1. The predicted octanol–water partition coefficient (Wildman–Crippen LogP) is 1.40. The number of nitrogens with one attached hydrogen (secondary N) is 1. The summed E-state index contributed by atoms with van der Waals surface area (Å²) in [6.45, 7) is 12.3. The van der Waals surface area contributed by atoms with E-state index in [1.165, 1.54) is 0 Å². The van der Waals surface area contributed by atoms with Crippen molar-refractivity contribution in [3.8, 4) is 0 Å². The van der Waals surface area contributed by atoms with E-state index in [9.17, 15) is 9.59 Å². The summed E-state index contributed by atoms with van der Waals surface area (Å²) in [5, 5.41) is 2.74. The van der Waals surface area contributed by atoms with Gasteiger partial charge in [0, 0.05) is 19.0 Å². The molecule has 120 valence electrons. The third-order valence-corrected chi connectivity index (χ3v) is 2.99. The van der Waals surface area contributed by atoms with Gasteiger partial charge in [0.2, 0.25) is 11.8 Å². The molecule has 0 saturated heterocycles. The number of amides is 2. The van der Waals surface area contributed by atoms with Crippen LogP contribution in [-0.4, -0.2) is 42.9 Å². The summed E-state index contributed by atoms with van der Waals surface area (Å²) in [4.78, 5) is 25.6. The first-order chi connectivity index (χ1) is 8.40. The number of carbonyl (C=O) groups is 2. The molecule has 3 N–H and O–H groups in total. The Balaban J connectivity index is 0. The van der Waals surface area contributed by atoms with Gasteiger partial charge in [-0.25, -0.2) is 0 Å². The second-order valence-electron chi connectivity index (χ2n) is 7.01. The first-order valence-electron chi connectivity index (χ1n) is 6.67. The Bertz CT molecular complexity index is 338. The van der Waals surface area contributed by atoms with E-state index in [2.05, 4.69) is 5.32 Å². The molecule has 2 amide bonds. The smallest absolute Gasteiger partial charge is 0.244 e. The summed E-state index contributed by atoms with van der Waals surface area (Å²) >= 11 is 0. The number of hydrogen-bond acceptors (Lipinski definition) is 3. The molecule has 0 aromatic carbocycles. The van der Waals surface area contributed by atoms with Gasteiger partial charge in [-0.3, -0.25) is 9.59 Å². The van der Waals surface area contributed by atoms with Gasteiger partial charge in [0.05, 0.1) is 0 Å². The van der Waals surface area contributed by atoms with Crippen LogP contribution < -0.4 is 11.1 Å². The van der Waals surface area contributed by atoms with Gasteiger partial charge in [0.15, 0.2) is 0 Å². The lowest BCUT2D eigenvalue weighted by atomic mass is 9.93. The maximum Gasteiger partial charge on any atom is 0.244 e. The molecule has 0 aliphatic heterocycles. The molecule has 0 aromatic heterocycles. The maximum atomic E-state index is 12.2. The van der Waals surface area contributed by atoms with Gasteiger partial charge in [-0.2, -0.15) is 0 Å². The Kier molecular flexibility index (Phi) is 8.42. The van der Waals surface area contributed by atoms with Crippen molar-refractivity contribution in [2.75, 3.05) is 20.1 Å². The van der Waals surface area contributed by atoms with E-state index in [4.69, 9.17) is 5.73 Å². The van der Waals surface area contributed by atoms with Crippen molar-refractivity contribution in [3.63, 3.8) is 0 Å². The van der Waals surface area contributed by atoms with Crippen LogP contribution >= 0.6 is 12.4 Å². The van der Waals surface area contributed by atoms with Gasteiger partial charge in [-0.1, -0.05) is 34.6 Å². The Morgan fingerprint density at radius 2 is 1.65 bits per heavy atom. The molecule has 0 aliphatic carbocycles. The van der Waals surface area contributed by atoms with E-state index in [0.717, 1.165) is 0 Å². The minimum Gasteiger partial charge on any atom is -0.344 e. The molecule has 0 radical (unpaired) electrons. The largest absolute Gasteiger partial charge is 0.344 e. The highest BCUT2D eigenvalue weighted by atomic mass is 35.5. The molecule has 0 spiro atoms. The fourth-order valence-corrected chi connectivity index (χ4v) is 1.59. The van der Waals surface area contributed by atoms with Crippen LogP contribution in [0.15, 0.2) is 0 Å². The fraction of sp³-hybridized carbons (Fsp3) is 0.857. The van der Waals surface area contributed by atoms with Gasteiger partial charge in [-0.15, -0.1) is 12.4 Å². The van der Waals surface area contributed by atoms with Crippen LogP contribution in [-0.2, 0) is 9.59 Å². The Morgan fingerprint density at radius 3 is 2.00 bits per heavy atom. The molecule has 1 atom stereocenters. The summed E-state index contributed by atoms with van der Waals surface area (Å²) in [6, 6.07) is -0.523. The van der Waals surface area contributed by atoms with Crippen molar-refractivity contribution in [2.45, 2.75) is 47.6 Å². The topological polar surface area (TPSA) is 75.4 Å². The molecule has 0 aliphatic rings. The van der Waals surface area contributed by atoms with E-state index >= 15 is 0 Å². The molecular formula is C14H30ClN3O2. The van der Waals surface area contributed by atoms with E-state index in [1.807, 2.05) is 34.6 Å². The molecule has 0 heterocycles. The van der Waals surface area contributed by atoms with Crippen molar-refractivity contribution in [2.24, 2.45) is 16.6 Å². The molecule has 0 aromatic rings. The predicted molar refractivity (Wildman–Crippen MR) is 84.8 cm³/mol. The molecule has 6 heteroatoms. The van der Waals surface area contributed by atoms with E-state index < -0.39 is 11.5 Å². The standard InChI is InChI=1S/C14H29N3O2.ClH/c1-10(16-12(19)13(2,3)4)11(18)17(7)9-14(5,6)8-15;/h10H,8-9,15H2,1-7H3,(H,16,19);1H. The summed E-state index contributed by atoms with van der Waals surface area (Å²) in [6.07, 6.45) is 0. The molecular weight excluding hydrogens is 278 g/mol. The van der Waals surface area contributed by atoms with Crippen LogP contribution in [0.2, 0.25) is 0 Å². The van der Waals surface area contributed by atoms with Crippen LogP contribution in [0.25, 0.3) is 0 Å². The number of nitrogens with two attached hydrogens (primary N) is 1. The average Bonchev–Trinajstić information content (AvgIpc) is 2.25. The van der Waals surface area contributed by atoms with Crippen LogP contribution in [0.4, 0.5) is 0 Å². The zero-order chi connectivity index (χ0) is 15.4. The first kappa shape index (κ1) is 21.5. The zero-order valence-electron chi connectivity index (χ0n) is 13.7. The first-order valence-corrected chi connectivity index (χ1v) is 6.67. The quantitative estimate of drug-likeness (QED) is 0.806. The fourth-order valence-electron chi connectivity index (χ4n) is 1.59. The Hall–Kier alpha value is -0.810. The highest BCUT2D eigenvalue weighted by Crippen LogP contribution is 2.15. The maximum absolute atomic E-state index is 12.2. The SMILES string of the molecule is CC(NC(=O)C(C)(C)C)C(=O)N(C)CC(C)(C)CN.Cl. The Morgan fingerprint density at radius 1 is 1.20 bits per heavy atom. The van der Waals surface area contributed by atoms with Gasteiger partial charge in [-0.05, 0) is 18.9 Å². The summed E-state index contributed by atoms with van der Waals surface area (Å²) in [5.74, 6) is -0.223. The number of hydrogen-bond donors (Lipinski definition) is 2. The molecule has 0 rings (SSSR count). The van der Waals surface area contributed by atoms with Crippen LogP contribution in [0, 0.1) is 10.8 Å². The summed E-state index contributed by atoms with van der Waals surface area (Å²) in [7, 11) is 1.74. The normalized spacial score (nSPS) is 13.2. The minimum absolute atomic E-state index is 0. The van der Waals surface area contributed by atoms with Crippen molar-refractivity contribution >= 4 is 24.2 Å².